The van der Waals surface area contributed by atoms with Crippen molar-refractivity contribution < 1.29 is 19.7 Å². The van der Waals surface area contributed by atoms with Crippen LogP contribution >= 0.6 is 0 Å². The first-order chi connectivity index (χ1) is 14.6. The fourth-order valence-corrected chi connectivity index (χ4v) is 3.48. The highest BCUT2D eigenvalue weighted by atomic mass is 16.5. The number of hydrogen-bond acceptors (Lipinski definition) is 5. The molecule has 1 aromatic heterocycles. The second kappa shape index (κ2) is 10.7. The summed E-state index contributed by atoms with van der Waals surface area (Å²) in [5.74, 6) is -0.392. The molecule has 0 saturated carbocycles. The van der Waals surface area contributed by atoms with Gasteiger partial charge in [-0.05, 0) is 35.3 Å². The van der Waals surface area contributed by atoms with Gasteiger partial charge < -0.3 is 19.9 Å². The predicted octanol–water partition coefficient (Wildman–Crippen LogP) is 2.75. The minimum atomic E-state index is -0.392. The minimum absolute atomic E-state index is 0.107. The van der Waals surface area contributed by atoms with E-state index < -0.39 is 5.97 Å². The number of aliphatic hydroxyl groups excluding tert-OH is 2. The van der Waals surface area contributed by atoms with Crippen molar-refractivity contribution in [2.45, 2.75) is 19.0 Å². The molecule has 3 aromatic rings. The maximum absolute atomic E-state index is 11.2. The fraction of sp³-hybridized carbons (Fsp3) is 0.292. The molecule has 0 bridgehead atoms. The first-order valence-corrected chi connectivity index (χ1v) is 10.00. The predicted molar refractivity (Wildman–Crippen MR) is 118 cm³/mol. The van der Waals surface area contributed by atoms with Gasteiger partial charge in [-0.2, -0.15) is 0 Å². The normalized spacial score (nSPS) is 11.8. The summed E-state index contributed by atoms with van der Waals surface area (Å²) in [4.78, 5) is 16.6. The number of aromatic nitrogens is 1. The van der Waals surface area contributed by atoms with Crippen LogP contribution in [0.5, 0.6) is 0 Å². The number of ether oxygens (including phenoxy) is 1. The van der Waals surface area contributed by atoms with Crippen molar-refractivity contribution >= 4 is 22.9 Å². The van der Waals surface area contributed by atoms with E-state index in [0.717, 1.165) is 23.1 Å². The number of para-hydroxylation sites is 1. The maximum Gasteiger partial charge on any atom is 0.330 e. The summed E-state index contributed by atoms with van der Waals surface area (Å²) in [7, 11) is 1.35. The van der Waals surface area contributed by atoms with Gasteiger partial charge in [0.15, 0.2) is 0 Å². The summed E-state index contributed by atoms with van der Waals surface area (Å²) in [5.41, 5.74) is 4.29. The number of rotatable bonds is 10. The van der Waals surface area contributed by atoms with E-state index in [4.69, 9.17) is 0 Å². The maximum atomic E-state index is 11.2. The zero-order valence-electron chi connectivity index (χ0n) is 17.1. The molecule has 6 nitrogen and oxygen atoms in total. The Labute approximate surface area is 176 Å². The van der Waals surface area contributed by atoms with Crippen LogP contribution in [0.25, 0.3) is 17.0 Å². The molecule has 0 aliphatic carbocycles. The quantitative estimate of drug-likeness (QED) is 0.355. The van der Waals surface area contributed by atoms with Crippen LogP contribution in [0, 0.1) is 0 Å². The van der Waals surface area contributed by atoms with Gasteiger partial charge in [-0.15, -0.1) is 0 Å². The van der Waals surface area contributed by atoms with Crippen molar-refractivity contribution in [3.63, 3.8) is 0 Å². The van der Waals surface area contributed by atoms with E-state index in [1.54, 1.807) is 6.08 Å². The van der Waals surface area contributed by atoms with Gasteiger partial charge >= 0.3 is 5.97 Å². The van der Waals surface area contributed by atoms with Gasteiger partial charge in [0.2, 0.25) is 0 Å². The molecular weight excluding hydrogens is 380 g/mol. The highest BCUT2D eigenvalue weighted by Crippen LogP contribution is 2.19. The molecule has 0 fully saturated rings. The molecule has 0 unspecified atom stereocenters. The van der Waals surface area contributed by atoms with Crippen LogP contribution in [-0.4, -0.2) is 59.0 Å². The molecule has 30 heavy (non-hydrogen) atoms. The van der Waals surface area contributed by atoms with E-state index in [1.165, 1.54) is 24.1 Å². The summed E-state index contributed by atoms with van der Waals surface area (Å²) >= 11 is 0. The zero-order valence-corrected chi connectivity index (χ0v) is 17.1. The average Bonchev–Trinajstić information content (AvgIpc) is 3.20. The van der Waals surface area contributed by atoms with Crippen LogP contribution in [0.15, 0.2) is 60.8 Å². The largest absolute Gasteiger partial charge is 0.466 e. The van der Waals surface area contributed by atoms with Crippen LogP contribution in [0.3, 0.4) is 0 Å². The van der Waals surface area contributed by atoms with Crippen molar-refractivity contribution in [2.24, 2.45) is 0 Å². The van der Waals surface area contributed by atoms with Gasteiger partial charge in [0.25, 0.3) is 0 Å². The molecule has 3 rings (SSSR count). The number of hydrogen-bond donors (Lipinski definition) is 3. The van der Waals surface area contributed by atoms with Crippen molar-refractivity contribution in [3.05, 3.63) is 77.5 Å². The number of nitrogens with one attached hydrogen (secondary N) is 1. The lowest BCUT2D eigenvalue weighted by Crippen LogP contribution is -2.41. The number of H-pyrrole nitrogens is 1. The third-order valence-electron chi connectivity index (χ3n) is 5.26. The van der Waals surface area contributed by atoms with Crippen LogP contribution < -0.4 is 0 Å². The molecule has 0 aliphatic heterocycles. The number of fused-ring (bicyclic) bond motifs is 1. The lowest BCUT2D eigenvalue weighted by molar-refractivity contribution is -0.134. The Bertz CT molecular complexity index is 974. The Morgan fingerprint density at radius 2 is 1.87 bits per heavy atom. The molecule has 2 aromatic carbocycles. The lowest BCUT2D eigenvalue weighted by Gasteiger charge is -2.29. The van der Waals surface area contributed by atoms with Gasteiger partial charge in [0, 0.05) is 36.3 Å². The number of nitrogens with zero attached hydrogens (tertiary/aromatic N) is 1. The van der Waals surface area contributed by atoms with E-state index in [9.17, 15) is 15.0 Å². The van der Waals surface area contributed by atoms with Gasteiger partial charge in [0.1, 0.15) is 0 Å². The minimum Gasteiger partial charge on any atom is -0.466 e. The van der Waals surface area contributed by atoms with Gasteiger partial charge in [-0.1, -0.05) is 42.5 Å². The Morgan fingerprint density at radius 3 is 2.57 bits per heavy atom. The Morgan fingerprint density at radius 1 is 1.13 bits per heavy atom. The van der Waals surface area contributed by atoms with Crippen LogP contribution in [0.4, 0.5) is 0 Å². The smallest absolute Gasteiger partial charge is 0.330 e. The second-order valence-corrected chi connectivity index (χ2v) is 7.20. The fourth-order valence-electron chi connectivity index (χ4n) is 3.48. The molecule has 0 radical (unpaired) electrons. The molecule has 0 spiro atoms. The van der Waals surface area contributed by atoms with Gasteiger partial charge in [-0.3, -0.25) is 4.90 Å². The summed E-state index contributed by atoms with van der Waals surface area (Å²) in [5, 5.41) is 20.7. The van der Waals surface area contributed by atoms with Crippen molar-refractivity contribution in [1.82, 2.24) is 9.88 Å². The number of benzene rings is 2. The molecule has 3 N–H and O–H groups in total. The molecule has 0 aliphatic rings. The van der Waals surface area contributed by atoms with E-state index in [-0.39, 0.29) is 19.3 Å². The topological polar surface area (TPSA) is 85.8 Å². The van der Waals surface area contributed by atoms with E-state index in [1.807, 2.05) is 42.6 Å². The summed E-state index contributed by atoms with van der Waals surface area (Å²) in [6.45, 7) is 1.10. The number of carbonyl (C=O) groups excluding carboxylic acids is 1. The van der Waals surface area contributed by atoms with Crippen molar-refractivity contribution in [1.29, 1.82) is 0 Å². The molecule has 158 valence electrons. The van der Waals surface area contributed by atoms with Gasteiger partial charge in [0.05, 0.1) is 26.4 Å². The van der Waals surface area contributed by atoms with Crippen molar-refractivity contribution in [3.8, 4) is 0 Å². The van der Waals surface area contributed by atoms with Crippen molar-refractivity contribution in [2.75, 3.05) is 26.9 Å². The molecule has 0 atom stereocenters. The number of carbonyl (C=O) groups is 1. The third kappa shape index (κ3) is 5.57. The van der Waals surface area contributed by atoms with E-state index in [0.29, 0.717) is 13.1 Å². The Hall–Kier alpha value is -2.93. The number of aliphatic hydroxyl groups is 2. The first kappa shape index (κ1) is 21.8. The number of aromatic amines is 1. The monoisotopic (exact) mass is 408 g/mol. The van der Waals surface area contributed by atoms with E-state index in [2.05, 4.69) is 26.8 Å². The molecule has 1 heterocycles. The second-order valence-electron chi connectivity index (χ2n) is 7.20. The van der Waals surface area contributed by atoms with E-state index >= 15 is 0 Å². The standard InChI is InChI=1S/C24H28N2O4/c1-30-24(29)11-10-18-6-8-19(9-7-18)15-26(21(16-27)17-28)13-12-20-14-25-23-5-3-2-4-22(20)23/h2-11,14,21,25,27-28H,12-13,15-17H2,1H3/b11-10+. The molecule has 6 heteroatoms. The number of esters is 1. The zero-order chi connectivity index (χ0) is 21.3. The van der Waals surface area contributed by atoms with Crippen LogP contribution in [0.1, 0.15) is 16.7 Å². The highest BCUT2D eigenvalue weighted by Gasteiger charge is 2.18. The summed E-state index contributed by atoms with van der Waals surface area (Å²) in [6, 6.07) is 15.7. The Kier molecular flexibility index (Phi) is 7.79. The number of methoxy groups -OCH3 is 1. The average molecular weight is 408 g/mol. The summed E-state index contributed by atoms with van der Waals surface area (Å²) < 4.78 is 4.60. The third-order valence-corrected chi connectivity index (χ3v) is 5.26. The van der Waals surface area contributed by atoms with Gasteiger partial charge in [-0.25, -0.2) is 4.79 Å². The molecular formula is C24H28N2O4. The molecule has 0 amide bonds. The van der Waals surface area contributed by atoms with Crippen LogP contribution in [0.2, 0.25) is 0 Å². The lowest BCUT2D eigenvalue weighted by atomic mass is 10.1. The van der Waals surface area contributed by atoms with Crippen LogP contribution in [-0.2, 0) is 22.5 Å². The first-order valence-electron chi connectivity index (χ1n) is 10.00. The summed E-state index contributed by atoms with van der Waals surface area (Å²) in [6.07, 6.45) is 5.92. The molecule has 0 saturated heterocycles. The SMILES string of the molecule is COC(=O)/C=C/c1ccc(CN(CCc2c[nH]c3ccccc23)C(CO)CO)cc1. The Balaban J connectivity index is 1.69. The highest BCUT2D eigenvalue weighted by molar-refractivity contribution is 5.86.